The zero-order valence-corrected chi connectivity index (χ0v) is 12.9. The van der Waals surface area contributed by atoms with Gasteiger partial charge in [-0.3, -0.25) is 0 Å². The van der Waals surface area contributed by atoms with Gasteiger partial charge in [-0.25, -0.2) is 0 Å². The van der Waals surface area contributed by atoms with Crippen LogP contribution in [0.2, 0.25) is 5.02 Å². The van der Waals surface area contributed by atoms with Gasteiger partial charge in [-0.05, 0) is 55.4 Å². The number of nitrogens with zero attached hydrogens (tertiary/aromatic N) is 1. The number of aromatic amines is 1. The fraction of sp³-hybridized carbons (Fsp3) is 0.533. The van der Waals surface area contributed by atoms with Gasteiger partial charge in [0.25, 0.3) is 0 Å². The highest BCUT2D eigenvalue weighted by atomic mass is 35.5. The lowest BCUT2D eigenvalue weighted by atomic mass is 9.79. The van der Waals surface area contributed by atoms with E-state index < -0.39 is 0 Å². The Morgan fingerprint density at radius 3 is 2.84 bits per heavy atom. The quantitative estimate of drug-likeness (QED) is 0.703. The Morgan fingerprint density at radius 2 is 2.11 bits per heavy atom. The molecule has 1 saturated carbocycles. The van der Waals surface area contributed by atoms with Crippen molar-refractivity contribution in [3.63, 3.8) is 0 Å². The summed E-state index contributed by atoms with van der Waals surface area (Å²) in [7, 11) is 0. The van der Waals surface area contributed by atoms with Crippen LogP contribution in [0.25, 0.3) is 11.0 Å². The maximum absolute atomic E-state index is 6.25. The van der Waals surface area contributed by atoms with Crippen molar-refractivity contribution in [1.82, 2.24) is 9.55 Å². The van der Waals surface area contributed by atoms with Gasteiger partial charge in [-0.2, -0.15) is 0 Å². The molecule has 0 aliphatic heterocycles. The van der Waals surface area contributed by atoms with Crippen molar-refractivity contribution in [1.29, 1.82) is 0 Å². The van der Waals surface area contributed by atoms with E-state index in [2.05, 4.69) is 29.5 Å². The normalized spacial score (nSPS) is 27.8. The molecule has 0 bridgehead atoms. The van der Waals surface area contributed by atoms with Crippen LogP contribution in [0.15, 0.2) is 18.2 Å². The zero-order chi connectivity index (χ0) is 13.6. The minimum Gasteiger partial charge on any atom is -0.329 e. The van der Waals surface area contributed by atoms with Gasteiger partial charge < -0.3 is 9.55 Å². The average Bonchev–Trinajstić information content (AvgIpc) is 2.68. The number of hydrogen-bond donors (Lipinski definition) is 1. The van der Waals surface area contributed by atoms with Gasteiger partial charge in [0, 0.05) is 6.04 Å². The van der Waals surface area contributed by atoms with Crippen LogP contribution in [0.4, 0.5) is 0 Å². The third-order valence-electron chi connectivity index (χ3n) is 4.42. The second kappa shape index (κ2) is 4.95. The molecule has 2 aromatic rings. The number of aromatic nitrogens is 2. The van der Waals surface area contributed by atoms with Gasteiger partial charge in [0.05, 0.1) is 16.1 Å². The van der Waals surface area contributed by atoms with Crippen LogP contribution >= 0.6 is 23.8 Å². The van der Waals surface area contributed by atoms with Crippen LogP contribution in [0.5, 0.6) is 0 Å². The van der Waals surface area contributed by atoms with E-state index >= 15 is 0 Å². The first-order valence-electron chi connectivity index (χ1n) is 6.96. The molecule has 1 aliphatic carbocycles. The molecule has 1 fully saturated rings. The number of fused-ring (bicyclic) bond motifs is 1. The predicted octanol–water partition coefficient (Wildman–Crippen LogP) is 5.35. The molecule has 0 saturated heterocycles. The SMILES string of the molecule is CC1CCC(n2c(=S)[nH]c3c(Cl)cccc32)C(C)C1. The first kappa shape index (κ1) is 13.2. The first-order valence-corrected chi connectivity index (χ1v) is 7.75. The Labute approximate surface area is 123 Å². The molecule has 2 nitrogen and oxygen atoms in total. The molecule has 19 heavy (non-hydrogen) atoms. The van der Waals surface area contributed by atoms with Crippen LogP contribution in [-0.2, 0) is 0 Å². The van der Waals surface area contributed by atoms with Crippen molar-refractivity contribution < 1.29 is 0 Å². The van der Waals surface area contributed by atoms with Crippen LogP contribution < -0.4 is 0 Å². The van der Waals surface area contributed by atoms with Crippen molar-refractivity contribution in [2.75, 3.05) is 0 Å². The van der Waals surface area contributed by atoms with E-state index in [1.54, 1.807) is 0 Å². The van der Waals surface area contributed by atoms with Gasteiger partial charge in [0.2, 0.25) is 0 Å². The Morgan fingerprint density at radius 1 is 1.32 bits per heavy atom. The lowest BCUT2D eigenvalue weighted by molar-refractivity contribution is 0.210. The van der Waals surface area contributed by atoms with E-state index in [0.29, 0.717) is 12.0 Å². The van der Waals surface area contributed by atoms with Gasteiger partial charge in [-0.1, -0.05) is 31.5 Å². The van der Waals surface area contributed by atoms with Crippen LogP contribution in [0.1, 0.15) is 39.2 Å². The van der Waals surface area contributed by atoms with Crippen molar-refractivity contribution in [3.05, 3.63) is 28.0 Å². The first-order chi connectivity index (χ1) is 9.08. The molecule has 0 radical (unpaired) electrons. The van der Waals surface area contributed by atoms with E-state index in [0.717, 1.165) is 26.7 Å². The van der Waals surface area contributed by atoms with Crippen molar-refractivity contribution in [2.24, 2.45) is 11.8 Å². The van der Waals surface area contributed by atoms with Gasteiger partial charge >= 0.3 is 0 Å². The molecular weight excluding hydrogens is 276 g/mol. The number of para-hydroxylation sites is 1. The standard InChI is InChI=1S/C15H19ClN2S/c1-9-6-7-12(10(2)8-9)18-13-5-3-4-11(16)14(13)17-15(18)19/h3-5,9-10,12H,6-8H2,1-2H3,(H,17,19). The third-order valence-corrected chi connectivity index (χ3v) is 5.03. The van der Waals surface area contributed by atoms with E-state index in [1.807, 2.05) is 12.1 Å². The lowest BCUT2D eigenvalue weighted by Crippen LogP contribution is -2.24. The van der Waals surface area contributed by atoms with Crippen LogP contribution in [0.3, 0.4) is 0 Å². The summed E-state index contributed by atoms with van der Waals surface area (Å²) in [6, 6.07) is 6.51. The van der Waals surface area contributed by atoms with Crippen molar-refractivity contribution in [3.8, 4) is 0 Å². The lowest BCUT2D eigenvalue weighted by Gasteiger charge is -2.33. The summed E-state index contributed by atoms with van der Waals surface area (Å²) in [6.07, 6.45) is 3.76. The summed E-state index contributed by atoms with van der Waals surface area (Å²) in [5.41, 5.74) is 2.11. The predicted molar refractivity (Wildman–Crippen MR) is 83.3 cm³/mol. The summed E-state index contributed by atoms with van der Waals surface area (Å²) in [5, 5.41) is 0.749. The molecule has 3 atom stereocenters. The molecule has 3 rings (SSSR count). The zero-order valence-electron chi connectivity index (χ0n) is 11.3. The van der Waals surface area contributed by atoms with E-state index in [-0.39, 0.29) is 0 Å². The molecular formula is C15H19ClN2S. The molecule has 4 heteroatoms. The molecule has 1 heterocycles. The van der Waals surface area contributed by atoms with Crippen LogP contribution in [0, 0.1) is 16.6 Å². The summed E-state index contributed by atoms with van der Waals surface area (Å²) >= 11 is 11.8. The van der Waals surface area contributed by atoms with Crippen LogP contribution in [-0.4, -0.2) is 9.55 Å². The average molecular weight is 295 g/mol. The number of H-pyrrole nitrogens is 1. The van der Waals surface area contributed by atoms with E-state index in [4.69, 9.17) is 23.8 Å². The molecule has 1 aliphatic rings. The molecule has 1 aromatic heterocycles. The van der Waals surface area contributed by atoms with E-state index in [9.17, 15) is 0 Å². The molecule has 0 amide bonds. The molecule has 1 aromatic carbocycles. The maximum Gasteiger partial charge on any atom is 0.178 e. The van der Waals surface area contributed by atoms with E-state index in [1.165, 1.54) is 19.3 Å². The van der Waals surface area contributed by atoms with Gasteiger partial charge in [-0.15, -0.1) is 0 Å². The topological polar surface area (TPSA) is 20.7 Å². The van der Waals surface area contributed by atoms with Crippen molar-refractivity contribution in [2.45, 2.75) is 39.2 Å². The summed E-state index contributed by atoms with van der Waals surface area (Å²) in [5.74, 6) is 1.49. The second-order valence-electron chi connectivity index (χ2n) is 5.90. The summed E-state index contributed by atoms with van der Waals surface area (Å²) in [4.78, 5) is 3.27. The highest BCUT2D eigenvalue weighted by Gasteiger charge is 2.28. The number of benzene rings is 1. The number of hydrogen-bond acceptors (Lipinski definition) is 1. The highest BCUT2D eigenvalue weighted by Crippen LogP contribution is 2.39. The van der Waals surface area contributed by atoms with Crippen molar-refractivity contribution >= 4 is 34.9 Å². The Bertz CT molecular complexity index is 658. The monoisotopic (exact) mass is 294 g/mol. The smallest absolute Gasteiger partial charge is 0.178 e. The fourth-order valence-electron chi connectivity index (χ4n) is 3.48. The summed E-state index contributed by atoms with van der Waals surface area (Å²) in [6.45, 7) is 4.68. The second-order valence-corrected chi connectivity index (χ2v) is 6.69. The minimum atomic E-state index is 0.496. The summed E-state index contributed by atoms with van der Waals surface area (Å²) < 4.78 is 3.09. The number of rotatable bonds is 1. The third kappa shape index (κ3) is 2.23. The van der Waals surface area contributed by atoms with Gasteiger partial charge in [0.15, 0.2) is 4.77 Å². The Kier molecular flexibility index (Phi) is 3.44. The van der Waals surface area contributed by atoms with Gasteiger partial charge in [0.1, 0.15) is 0 Å². The number of nitrogens with one attached hydrogen (secondary N) is 1. The number of imidazole rings is 1. The Balaban J connectivity index is 2.12. The highest BCUT2D eigenvalue weighted by molar-refractivity contribution is 7.71. The Hall–Kier alpha value is -0.800. The molecule has 3 unspecified atom stereocenters. The molecule has 0 spiro atoms. The number of halogens is 1. The minimum absolute atomic E-state index is 0.496. The maximum atomic E-state index is 6.25. The molecule has 102 valence electrons. The largest absolute Gasteiger partial charge is 0.329 e. The fourth-order valence-corrected chi connectivity index (χ4v) is 4.03. The molecule has 1 N–H and O–H groups in total.